The molecule has 5 aliphatic rings. The number of carboxylic acids is 1. The van der Waals surface area contributed by atoms with Crippen molar-refractivity contribution in [3.63, 3.8) is 0 Å². The standard InChI is InChI=1S/C39H52O3/c1-25(2)28-18-21-39(34(41)42)23-22-37(6)29(32(28)39)16-17-31-36(5)24-27(15-11-14-26-12-9-8-10-13-26)33(40)35(3,4)30(36)19-20-38(31,37)7/h8-10,12-13,27-32H,1,15-24H2,2-7H3,(H,41,42)/t27-,28+,29-,30+,31-,32-,36+,37-,38-,39+/m1/s1. The number of Topliss-reactive ketones (excluding diaryl/α,β-unsaturated/α-hetero) is 1. The second-order valence-corrected chi connectivity index (χ2v) is 16.5. The van der Waals surface area contributed by atoms with Gasteiger partial charge in [0.1, 0.15) is 5.78 Å². The number of benzene rings is 1. The number of hydrogen-bond acceptors (Lipinski definition) is 2. The molecule has 3 heteroatoms. The minimum Gasteiger partial charge on any atom is -0.481 e. The Morgan fingerprint density at radius 1 is 0.929 bits per heavy atom. The lowest BCUT2D eigenvalue weighted by atomic mass is 9.32. The van der Waals surface area contributed by atoms with Crippen molar-refractivity contribution in [2.45, 2.75) is 106 Å². The highest BCUT2D eigenvalue weighted by atomic mass is 16.4. The van der Waals surface area contributed by atoms with E-state index >= 15 is 0 Å². The van der Waals surface area contributed by atoms with Gasteiger partial charge in [0.15, 0.2) is 0 Å². The van der Waals surface area contributed by atoms with Crippen LogP contribution < -0.4 is 0 Å². The predicted octanol–water partition coefficient (Wildman–Crippen LogP) is 8.97. The van der Waals surface area contributed by atoms with Crippen LogP contribution in [0.3, 0.4) is 0 Å². The van der Waals surface area contributed by atoms with E-state index in [-0.39, 0.29) is 33.5 Å². The van der Waals surface area contributed by atoms with Crippen LogP contribution in [0.2, 0.25) is 0 Å². The monoisotopic (exact) mass is 568 g/mol. The average Bonchev–Trinajstić information content (AvgIpc) is 3.34. The number of carbonyl (C=O) groups is 2. The number of hydrogen-bond donors (Lipinski definition) is 1. The third kappa shape index (κ3) is 3.92. The molecule has 0 heterocycles. The molecule has 0 radical (unpaired) electrons. The fourth-order valence-corrected chi connectivity index (χ4v) is 12.6. The van der Waals surface area contributed by atoms with Crippen molar-refractivity contribution in [2.24, 2.45) is 62.6 Å². The molecule has 0 unspecified atom stereocenters. The Kier molecular flexibility index (Phi) is 6.96. The summed E-state index contributed by atoms with van der Waals surface area (Å²) in [7, 11) is 0. The molecule has 1 N–H and O–H groups in total. The molecule has 0 saturated heterocycles. The van der Waals surface area contributed by atoms with E-state index in [1.54, 1.807) is 0 Å². The summed E-state index contributed by atoms with van der Waals surface area (Å²) in [6.45, 7) is 18.6. The lowest BCUT2D eigenvalue weighted by molar-refractivity contribution is -0.238. The highest BCUT2D eigenvalue weighted by molar-refractivity contribution is 5.88. The van der Waals surface area contributed by atoms with Crippen molar-refractivity contribution in [3.05, 3.63) is 48.0 Å². The van der Waals surface area contributed by atoms with Crippen molar-refractivity contribution in [2.75, 3.05) is 0 Å². The smallest absolute Gasteiger partial charge is 0.309 e. The van der Waals surface area contributed by atoms with Gasteiger partial charge in [-0.1, -0.05) is 76.8 Å². The molecule has 1 aromatic rings. The van der Waals surface area contributed by atoms with E-state index in [2.05, 4.69) is 60.0 Å². The molecule has 5 fully saturated rings. The number of allylic oxidation sites excluding steroid dienone is 1. The Labute approximate surface area is 254 Å². The van der Waals surface area contributed by atoms with Crippen LogP contribution in [0.15, 0.2) is 42.5 Å². The van der Waals surface area contributed by atoms with Crippen LogP contribution in [0.1, 0.15) is 111 Å². The van der Waals surface area contributed by atoms with E-state index in [1.807, 2.05) is 30.3 Å². The summed E-state index contributed by atoms with van der Waals surface area (Å²) >= 11 is 0. The highest BCUT2D eigenvalue weighted by Crippen LogP contribution is 2.77. The van der Waals surface area contributed by atoms with E-state index in [9.17, 15) is 14.7 Å². The fraction of sp³-hybridized carbons (Fsp3) is 0.692. The van der Waals surface area contributed by atoms with Crippen molar-refractivity contribution in [3.8, 4) is 11.8 Å². The molecule has 5 saturated carbocycles. The van der Waals surface area contributed by atoms with E-state index in [1.165, 1.54) is 5.57 Å². The summed E-state index contributed by atoms with van der Waals surface area (Å²) in [6, 6.07) is 10.1. The highest BCUT2D eigenvalue weighted by Gasteiger charge is 2.72. The van der Waals surface area contributed by atoms with E-state index in [0.717, 1.165) is 63.4 Å². The van der Waals surface area contributed by atoms with Crippen molar-refractivity contribution in [1.29, 1.82) is 0 Å². The molecule has 0 aliphatic heterocycles. The van der Waals surface area contributed by atoms with Crippen LogP contribution in [0, 0.1) is 74.4 Å². The van der Waals surface area contributed by atoms with Gasteiger partial charge in [-0.15, -0.1) is 0 Å². The molecular weight excluding hydrogens is 516 g/mol. The van der Waals surface area contributed by atoms with Crippen LogP contribution in [0.25, 0.3) is 0 Å². The zero-order chi connectivity index (χ0) is 30.3. The first-order chi connectivity index (χ1) is 19.7. The molecule has 5 aliphatic carbocycles. The third-order valence-electron chi connectivity index (χ3n) is 14.7. The minimum atomic E-state index is -0.583. The van der Waals surface area contributed by atoms with E-state index in [4.69, 9.17) is 0 Å². The van der Waals surface area contributed by atoms with Gasteiger partial charge in [0.2, 0.25) is 0 Å². The summed E-state index contributed by atoms with van der Waals surface area (Å²) < 4.78 is 0. The van der Waals surface area contributed by atoms with Gasteiger partial charge in [-0.2, -0.15) is 0 Å². The molecule has 0 spiro atoms. The van der Waals surface area contributed by atoms with Crippen LogP contribution in [0.4, 0.5) is 0 Å². The van der Waals surface area contributed by atoms with Crippen LogP contribution >= 0.6 is 0 Å². The first-order valence-corrected chi connectivity index (χ1v) is 16.7. The van der Waals surface area contributed by atoms with Gasteiger partial charge >= 0.3 is 5.97 Å². The van der Waals surface area contributed by atoms with Crippen molar-refractivity contribution >= 4 is 11.8 Å². The SMILES string of the molecule is C=C(C)[C@@H]1CC[C@]2(C(=O)O)CC[C@]3(C)[C@H](CC[C@@H]4[C@@]5(C)C[C@@H](CC#Cc6ccccc6)C(=O)C(C)(C)[C@@H]5CC[C@]43C)[C@@H]12. The number of carboxylic acid groups (broad SMARTS) is 1. The van der Waals surface area contributed by atoms with Gasteiger partial charge < -0.3 is 5.11 Å². The van der Waals surface area contributed by atoms with Gasteiger partial charge in [-0.05, 0) is 123 Å². The molecule has 226 valence electrons. The van der Waals surface area contributed by atoms with Crippen molar-refractivity contribution in [1.82, 2.24) is 0 Å². The second kappa shape index (κ2) is 9.84. The Morgan fingerprint density at radius 2 is 1.64 bits per heavy atom. The molecular formula is C39H52O3. The molecule has 0 bridgehead atoms. The van der Waals surface area contributed by atoms with Gasteiger partial charge in [0.05, 0.1) is 5.41 Å². The Morgan fingerprint density at radius 3 is 2.31 bits per heavy atom. The first-order valence-electron chi connectivity index (χ1n) is 16.7. The summed E-state index contributed by atoms with van der Waals surface area (Å²) in [5.41, 5.74) is 1.55. The maximum Gasteiger partial charge on any atom is 0.309 e. The zero-order valence-corrected chi connectivity index (χ0v) is 26.9. The Balaban J connectivity index is 1.35. The Hall–Kier alpha value is -2.34. The summed E-state index contributed by atoms with van der Waals surface area (Å²) in [6.07, 6.45) is 9.63. The van der Waals surface area contributed by atoms with E-state index in [0.29, 0.717) is 35.9 Å². The number of carbonyl (C=O) groups excluding carboxylic acids is 1. The van der Waals surface area contributed by atoms with Crippen LogP contribution in [-0.4, -0.2) is 16.9 Å². The number of fused-ring (bicyclic) bond motifs is 7. The maximum atomic E-state index is 14.0. The van der Waals surface area contributed by atoms with E-state index < -0.39 is 11.4 Å². The van der Waals surface area contributed by atoms with Gasteiger partial charge in [-0.25, -0.2) is 0 Å². The normalized spacial score (nSPS) is 45.3. The largest absolute Gasteiger partial charge is 0.481 e. The molecule has 3 nitrogen and oxygen atoms in total. The van der Waals surface area contributed by atoms with Crippen LogP contribution in [0.5, 0.6) is 0 Å². The Bertz CT molecular complexity index is 1350. The number of rotatable bonds is 3. The number of aliphatic carboxylic acids is 1. The first kappa shape index (κ1) is 29.7. The summed E-state index contributed by atoms with van der Waals surface area (Å²) in [5.74, 6) is 8.39. The molecule has 1 aromatic carbocycles. The van der Waals surface area contributed by atoms with Crippen molar-refractivity contribution < 1.29 is 14.7 Å². The maximum absolute atomic E-state index is 14.0. The second-order valence-electron chi connectivity index (χ2n) is 16.5. The van der Waals surface area contributed by atoms with Gasteiger partial charge in [0, 0.05) is 23.3 Å². The van der Waals surface area contributed by atoms with Crippen LogP contribution in [-0.2, 0) is 9.59 Å². The zero-order valence-electron chi connectivity index (χ0n) is 26.9. The molecule has 10 atom stereocenters. The topological polar surface area (TPSA) is 54.4 Å². The molecule has 6 rings (SSSR count). The average molecular weight is 569 g/mol. The summed E-state index contributed by atoms with van der Waals surface area (Å²) in [5, 5.41) is 10.6. The van der Waals surface area contributed by atoms with Gasteiger partial charge in [-0.3, -0.25) is 9.59 Å². The summed E-state index contributed by atoms with van der Waals surface area (Å²) in [4.78, 5) is 27.0. The number of ketones is 1. The fourth-order valence-electron chi connectivity index (χ4n) is 12.6. The third-order valence-corrected chi connectivity index (χ3v) is 14.7. The molecule has 0 amide bonds. The molecule has 0 aromatic heterocycles. The van der Waals surface area contributed by atoms with Gasteiger partial charge in [0.25, 0.3) is 0 Å². The minimum absolute atomic E-state index is 0.0287. The lowest BCUT2D eigenvalue weighted by Gasteiger charge is -2.72. The lowest BCUT2D eigenvalue weighted by Crippen LogP contribution is -2.67. The predicted molar refractivity (Wildman–Crippen MR) is 168 cm³/mol. The molecule has 42 heavy (non-hydrogen) atoms. The quantitative estimate of drug-likeness (QED) is 0.292.